The van der Waals surface area contributed by atoms with Crippen LogP contribution >= 0.6 is 0 Å². The summed E-state index contributed by atoms with van der Waals surface area (Å²) in [5, 5.41) is 80.3. The van der Waals surface area contributed by atoms with E-state index in [9.17, 15) is 102 Å². The molecule has 10 atom stereocenters. The van der Waals surface area contributed by atoms with Crippen molar-refractivity contribution in [3.63, 3.8) is 0 Å². The van der Waals surface area contributed by atoms with Gasteiger partial charge in [0.15, 0.2) is 28.9 Å². The van der Waals surface area contributed by atoms with Gasteiger partial charge in [-0.2, -0.15) is 0 Å². The van der Waals surface area contributed by atoms with E-state index in [1.165, 1.54) is 60.2 Å². The van der Waals surface area contributed by atoms with Gasteiger partial charge in [0, 0.05) is 122 Å². The van der Waals surface area contributed by atoms with Gasteiger partial charge >= 0.3 is 29.0 Å². The van der Waals surface area contributed by atoms with Gasteiger partial charge in [-0.15, -0.1) is 0 Å². The van der Waals surface area contributed by atoms with E-state index in [0.29, 0.717) is 44.2 Å². The molecule has 0 saturated carbocycles. The molecular weight excluding hydrogens is 1700 g/mol. The van der Waals surface area contributed by atoms with Crippen molar-refractivity contribution >= 4 is 106 Å². The van der Waals surface area contributed by atoms with Crippen molar-refractivity contribution in [1.29, 1.82) is 0 Å². The van der Waals surface area contributed by atoms with E-state index in [1.807, 2.05) is 0 Å². The van der Waals surface area contributed by atoms with Crippen molar-refractivity contribution in [3.05, 3.63) is 80.6 Å². The van der Waals surface area contributed by atoms with E-state index in [0.717, 1.165) is 6.92 Å². The zero-order chi connectivity index (χ0) is 92.4. The summed E-state index contributed by atoms with van der Waals surface area (Å²) in [4.78, 5) is 232. The Kier molecular flexibility index (Phi) is 66.9. The molecule has 2 aromatic rings. The van der Waals surface area contributed by atoms with Crippen molar-refractivity contribution < 1.29 is 168 Å². The molecule has 0 aromatic heterocycles. The van der Waals surface area contributed by atoms with Crippen LogP contribution in [0.5, 0.6) is 5.75 Å². The molecule has 2 rings (SSSR count). The van der Waals surface area contributed by atoms with Gasteiger partial charge < -0.3 is 95.3 Å². The number of rotatable bonds is 68. The predicted octanol–water partition coefficient (Wildman–Crippen LogP) is 2.41. The van der Waals surface area contributed by atoms with Crippen molar-refractivity contribution in [3.8, 4) is 5.75 Å². The van der Waals surface area contributed by atoms with Crippen LogP contribution in [0.2, 0.25) is 0 Å². The summed E-state index contributed by atoms with van der Waals surface area (Å²) < 4.78 is 31.3. The number of aliphatic carboxylic acids is 2. The molecule has 0 spiro atoms. The maximum atomic E-state index is 14.2. The van der Waals surface area contributed by atoms with Gasteiger partial charge in [0.1, 0.15) is 11.5 Å². The Labute approximate surface area is 745 Å². The molecule has 0 saturated heterocycles. The summed E-state index contributed by atoms with van der Waals surface area (Å²) in [5.74, 6) is -20.6. The molecule has 0 heterocycles. The third-order valence-corrected chi connectivity index (χ3v) is 18.9. The van der Waals surface area contributed by atoms with Crippen LogP contribution in [0.1, 0.15) is 175 Å². The zero-order valence-electron chi connectivity index (χ0n) is 73.5. The number of ketones is 6. The van der Waals surface area contributed by atoms with E-state index in [1.54, 1.807) is 65.1 Å². The number of phenols is 1. The molecule has 4 unspecified atom stereocenters. The Morgan fingerprint density at radius 2 is 0.738 bits per heavy atom. The summed E-state index contributed by atoms with van der Waals surface area (Å²) in [5.41, 5.74) is 6.97. The minimum Gasteiger partial charge on any atom is -0.508 e. The van der Waals surface area contributed by atoms with Crippen LogP contribution in [-0.2, 0) is 145 Å². The second kappa shape index (κ2) is 70.1. The number of carboxylic acid groups (broad SMARTS) is 2. The fourth-order valence-corrected chi connectivity index (χ4v) is 12.5. The molecule has 712 valence electrons. The first-order valence-corrected chi connectivity index (χ1v) is 40.6. The molecule has 0 fully saturated rings. The Bertz CT molecular complexity index is 3640. The second-order valence-electron chi connectivity index (χ2n) is 30.2. The molecule has 41 nitrogen and oxygen atoms in total. The summed E-state index contributed by atoms with van der Waals surface area (Å²) in [6, 6.07) is 7.74. The standard InChI is InChI=1S/C41H63N5O16.C41H63N5O15.2CH3.Fe/c1-25(2)19-33(44-40(56)29(20-26(3)47)24-38(53)54)35(50)23-30(21-27-5-8-31(48)9-6-27)41(57)43-32(10-12-37(52)46-59)34(49)22-28(7-11-36(51)45-58)39(55)42-13-14-61-17-18-62-16-15-60-4;1-26(2)21-30(24-36(50)33(25-39(53)54)42-27(3)47)41(56)44-32(22-28-9-6-5-7-10-28)35(49)23-29(12-14-37(51)45-57)40(55)43-31(13-15-38(52)46-58)34(48)11-8-16-60-19-20-61-18-17-59-4;;;/h5-6,8-9,25,28-30,32-33,48,58-59H,7,10-24H2,1-4H3,(H,42,55)(H,43,57)(H,44,56)(H,45,51)(H,46,52)(H,53,54);5-7,9-10,26,29-33,57-58H,8,11-25H2,1-4H3,(H,42,47)(H,43,55)(H,44,56)(H,45,51)(H,46,52)(H,53,54);2*1H3;/q;;2*-1;+2/t28?,29-,30+,32?,33+;29?,30-,31?,32-,33-;;;/m00.../s1. The van der Waals surface area contributed by atoms with Crippen molar-refractivity contribution in [2.75, 3.05) is 86.8 Å². The number of ether oxygens (including phenoxy) is 6. The molecule has 10 amide bonds. The van der Waals surface area contributed by atoms with E-state index in [-0.39, 0.29) is 173 Å². The van der Waals surface area contributed by atoms with Crippen LogP contribution in [0.3, 0.4) is 0 Å². The van der Waals surface area contributed by atoms with Crippen LogP contribution in [0.4, 0.5) is 0 Å². The predicted molar refractivity (Wildman–Crippen MR) is 446 cm³/mol. The number of hydrogen-bond donors (Lipinski definition) is 17. The number of phenolic OH excluding ortho intramolecular Hbond substituents is 1. The number of carboxylic acids is 2. The third kappa shape index (κ3) is 55.5. The van der Waals surface area contributed by atoms with Gasteiger partial charge in [0.05, 0.1) is 108 Å². The molecule has 126 heavy (non-hydrogen) atoms. The second-order valence-corrected chi connectivity index (χ2v) is 30.2. The number of carbonyl (C=O) groups excluding carboxylic acids is 16. The molecule has 0 aliphatic carbocycles. The van der Waals surface area contributed by atoms with Gasteiger partial charge in [0.25, 0.3) is 0 Å². The average molecular weight is 1830 g/mol. The minimum absolute atomic E-state index is 0. The number of hydroxylamine groups is 4. The number of hydrogen-bond acceptors (Lipinski definition) is 29. The first-order valence-electron chi connectivity index (χ1n) is 40.6. The smallest absolute Gasteiger partial charge is 0.508 e. The van der Waals surface area contributed by atoms with Crippen LogP contribution in [0, 0.1) is 56.3 Å². The fraction of sp³-hybridized carbons (Fsp3) is 0.619. The molecule has 0 aliphatic rings. The number of carbonyl (C=O) groups is 18. The molecule has 2 aromatic carbocycles. The maximum absolute atomic E-state index is 14.2. The molecule has 17 N–H and O–H groups in total. The Morgan fingerprint density at radius 3 is 1.21 bits per heavy atom. The van der Waals surface area contributed by atoms with Crippen LogP contribution < -0.4 is 53.8 Å². The van der Waals surface area contributed by atoms with Crippen LogP contribution in [-0.4, -0.2) is 259 Å². The topological polar surface area (TPSA) is 625 Å². The Balaban J connectivity index is -0.00000235. The number of aromatic hydroxyl groups is 1. The van der Waals surface area contributed by atoms with Gasteiger partial charge in [0.2, 0.25) is 59.1 Å². The van der Waals surface area contributed by atoms with E-state index in [4.69, 9.17) is 49.3 Å². The SMILES string of the molecule is COCCOCCOCCCC(=O)C(CCC(=O)NO)NC(=O)C(CCC(=O)NO)CC(=O)[C@H](Cc1ccccc1)NC(=O)[C@H](CC(=O)[C@H](CC(=O)O)NC(C)=O)CC(C)C.COCCOCCOCCNC(=O)C(CCC(=O)NO)CC(=O)C(CCC(=O)NO)NC(=O)[C@@H](CC(=O)[C@@H](CC(C)C)NC(=O)[C@@H](CC(C)=O)CC(=O)O)Cc1ccc(O)cc1.[CH3-].[CH3-].[Fe+2]. The van der Waals surface area contributed by atoms with Crippen molar-refractivity contribution in [2.45, 2.75) is 207 Å². The summed E-state index contributed by atoms with van der Waals surface area (Å²) in [7, 11) is 3.08. The van der Waals surface area contributed by atoms with Crippen molar-refractivity contribution in [2.24, 2.45) is 41.4 Å². The van der Waals surface area contributed by atoms with Gasteiger partial charge in [-0.1, -0.05) is 70.2 Å². The molecule has 42 heteroatoms. The fourth-order valence-electron chi connectivity index (χ4n) is 12.5. The quantitative estimate of drug-likeness (QED) is 0.0149. The molecular formula is C84H132FeN10O31. The average Bonchev–Trinajstić information content (AvgIpc) is 0.844. The van der Waals surface area contributed by atoms with Crippen LogP contribution in [0.15, 0.2) is 54.6 Å². The largest absolute Gasteiger partial charge is 2.00 e. The summed E-state index contributed by atoms with van der Waals surface area (Å²) >= 11 is 0. The van der Waals surface area contributed by atoms with Gasteiger partial charge in [-0.3, -0.25) is 102 Å². The summed E-state index contributed by atoms with van der Waals surface area (Å²) in [6.45, 7) is 12.4. The monoisotopic (exact) mass is 1830 g/mol. The number of amides is 10. The van der Waals surface area contributed by atoms with Crippen LogP contribution in [0.25, 0.3) is 0 Å². The van der Waals surface area contributed by atoms with E-state index in [2.05, 4.69) is 31.9 Å². The number of methoxy groups -OCH3 is 2. The van der Waals surface area contributed by atoms with Crippen molar-refractivity contribution in [1.82, 2.24) is 53.8 Å². The van der Waals surface area contributed by atoms with Gasteiger partial charge in [-0.05, 0) is 99.8 Å². The zero-order valence-corrected chi connectivity index (χ0v) is 74.6. The number of benzene rings is 2. The molecule has 0 bridgehead atoms. The minimum atomic E-state index is -1.46. The summed E-state index contributed by atoms with van der Waals surface area (Å²) in [6.07, 6.45) is -6.25. The number of nitrogens with one attached hydrogen (secondary N) is 10. The maximum Gasteiger partial charge on any atom is 2.00 e. The first kappa shape index (κ1) is 120. The van der Waals surface area contributed by atoms with E-state index < -0.39 is 217 Å². The Hall–Kier alpha value is -9.98. The molecule has 0 aliphatic heterocycles. The third-order valence-electron chi connectivity index (χ3n) is 18.9. The Morgan fingerprint density at radius 1 is 0.357 bits per heavy atom. The normalized spacial score (nSPS) is 13.2. The first-order chi connectivity index (χ1) is 58.4. The van der Waals surface area contributed by atoms with Gasteiger partial charge in [-0.25, -0.2) is 21.9 Å². The number of Topliss-reactive ketones (excluding diaryl/α,β-unsaturated/α-hetero) is 6. The van der Waals surface area contributed by atoms with E-state index >= 15 is 0 Å². The molecule has 0 radical (unpaired) electrons.